The maximum Gasteiger partial charge on any atom is 0.315 e. The number of esters is 1. The maximum absolute atomic E-state index is 15.7. The summed E-state index contributed by atoms with van der Waals surface area (Å²) in [5.74, 6) is -1.42. The molecule has 5 saturated heterocycles. The summed E-state index contributed by atoms with van der Waals surface area (Å²) in [6.45, 7) is 9.12. The number of aliphatic hydroxyl groups is 17. The van der Waals surface area contributed by atoms with Gasteiger partial charge in [-0.1, -0.05) is 46.3 Å². The third kappa shape index (κ3) is 11.4. The maximum atomic E-state index is 15.7. The molecule has 34 atom stereocenters. The van der Waals surface area contributed by atoms with Crippen molar-refractivity contribution in [2.75, 3.05) is 39.6 Å². The Morgan fingerprint density at radius 3 is 1.74 bits per heavy atom. The molecular weight excluding hydrogens is 1160 g/mol. The summed E-state index contributed by atoms with van der Waals surface area (Å²) in [5.41, 5.74) is -3.19. The van der Waals surface area contributed by atoms with Crippen LogP contribution in [0.2, 0.25) is 0 Å². The van der Waals surface area contributed by atoms with E-state index in [4.69, 9.17) is 47.4 Å². The number of ether oxygens (including phenoxy) is 10. The predicted molar refractivity (Wildman–Crippen MR) is 291 cm³/mol. The van der Waals surface area contributed by atoms with E-state index in [1.54, 1.807) is 0 Å². The first-order valence-corrected chi connectivity index (χ1v) is 30.9. The van der Waals surface area contributed by atoms with E-state index in [-0.39, 0.29) is 44.5 Å². The van der Waals surface area contributed by atoms with Crippen LogP contribution in [0.3, 0.4) is 0 Å². The topological polar surface area (TPSA) is 453 Å². The van der Waals surface area contributed by atoms with Crippen LogP contribution >= 0.6 is 0 Å². The van der Waals surface area contributed by atoms with Crippen LogP contribution in [-0.2, 0) is 52.2 Å². The fraction of sp³-hybridized carbons (Fsp3) is 0.949. The van der Waals surface area contributed by atoms with Crippen LogP contribution in [0.1, 0.15) is 106 Å². The number of fused-ring (bicyclic) bond motifs is 7. The summed E-state index contributed by atoms with van der Waals surface area (Å²) in [5, 5.41) is 184. The zero-order chi connectivity index (χ0) is 63.4. The number of aliphatic hydroxyl groups excluding tert-OH is 17. The Labute approximate surface area is 504 Å². The molecular formula is C59H96O28. The molecule has 9 fully saturated rings. The van der Waals surface area contributed by atoms with Gasteiger partial charge in [0.25, 0.3) is 0 Å². The summed E-state index contributed by atoms with van der Waals surface area (Å²) in [6.07, 6.45) is -33.7. The fourth-order valence-electron chi connectivity index (χ4n) is 17.6. The molecule has 5 heterocycles. The van der Waals surface area contributed by atoms with E-state index < -0.39 is 218 Å². The van der Waals surface area contributed by atoms with Crippen molar-refractivity contribution in [3.8, 4) is 0 Å². The van der Waals surface area contributed by atoms with Crippen molar-refractivity contribution in [1.82, 2.24) is 0 Å². The Morgan fingerprint density at radius 2 is 1.11 bits per heavy atom. The van der Waals surface area contributed by atoms with Gasteiger partial charge in [0.1, 0.15) is 104 Å². The van der Waals surface area contributed by atoms with Crippen LogP contribution in [0, 0.1) is 50.2 Å². The minimum Gasteiger partial charge on any atom is -0.432 e. The lowest BCUT2D eigenvalue weighted by molar-refractivity contribution is -0.368. The van der Waals surface area contributed by atoms with Gasteiger partial charge in [-0.2, -0.15) is 0 Å². The zero-order valence-corrected chi connectivity index (χ0v) is 50.2. The molecule has 10 rings (SSSR count). The second kappa shape index (κ2) is 25.5. The number of rotatable bonds is 15. The van der Waals surface area contributed by atoms with Gasteiger partial charge in [0, 0.05) is 12.0 Å². The first-order chi connectivity index (χ1) is 40.9. The van der Waals surface area contributed by atoms with Crippen LogP contribution in [0.4, 0.5) is 0 Å². The highest BCUT2D eigenvalue weighted by molar-refractivity contribution is 5.79. The Hall–Kier alpha value is -1.83. The second-order valence-electron chi connectivity index (χ2n) is 28.3. The zero-order valence-electron chi connectivity index (χ0n) is 50.2. The van der Waals surface area contributed by atoms with E-state index in [0.717, 1.165) is 5.57 Å². The van der Waals surface area contributed by atoms with E-state index in [2.05, 4.69) is 26.8 Å². The standard InChI is InChI=1S/C59H96O28/c1-24-34(65)39(70)44(75)49(80-24)85-46-35(66)27(64)20-78-51(46)84-33-10-11-55(3)31(56(33,4)23-63)9-12-58(6)32(55)8-7-25-26-17-54(2,22-62)13-15-59(26,16-14-57(25,58)5)53(77)87-52-47(86-50-45(76)41(72)37(68)29(19-61)82-50)42(73)38(69)30(83-52)21-79-48-43(74)40(71)36(67)28(18-60)81-48/h7,24,26-52,60-76H,8-23H2,1-6H3. The average Bonchev–Trinajstić information content (AvgIpc) is 0.697. The lowest BCUT2D eigenvalue weighted by Crippen LogP contribution is -2.67. The van der Waals surface area contributed by atoms with E-state index >= 15 is 4.79 Å². The van der Waals surface area contributed by atoms with Crippen molar-refractivity contribution >= 4 is 5.97 Å². The molecule has 500 valence electrons. The molecule has 0 aromatic carbocycles. The Bertz CT molecular complexity index is 2410. The van der Waals surface area contributed by atoms with Gasteiger partial charge in [-0.3, -0.25) is 4.79 Å². The molecule has 0 amide bonds. The van der Waals surface area contributed by atoms with E-state index in [1.807, 2.05) is 13.8 Å². The van der Waals surface area contributed by atoms with Crippen LogP contribution in [-0.4, -0.2) is 286 Å². The van der Waals surface area contributed by atoms with Crippen LogP contribution < -0.4 is 0 Å². The van der Waals surface area contributed by atoms with Crippen LogP contribution in [0.25, 0.3) is 0 Å². The quantitative estimate of drug-likeness (QED) is 0.0417. The first kappa shape index (κ1) is 68.0. The summed E-state index contributed by atoms with van der Waals surface area (Å²) < 4.78 is 60.0. The van der Waals surface area contributed by atoms with Crippen molar-refractivity contribution < 1.29 is 139 Å². The van der Waals surface area contributed by atoms with E-state index in [9.17, 15) is 86.8 Å². The molecule has 34 unspecified atom stereocenters. The van der Waals surface area contributed by atoms with Crippen molar-refractivity contribution in [3.05, 3.63) is 11.6 Å². The summed E-state index contributed by atoms with van der Waals surface area (Å²) in [6, 6.07) is 0. The Balaban J connectivity index is 0.919. The normalized spacial score (nSPS) is 55.4. The molecule has 28 nitrogen and oxygen atoms in total. The molecule has 5 aliphatic heterocycles. The summed E-state index contributed by atoms with van der Waals surface area (Å²) in [7, 11) is 0. The van der Waals surface area contributed by atoms with Gasteiger partial charge >= 0.3 is 5.97 Å². The van der Waals surface area contributed by atoms with Gasteiger partial charge in [-0.25, -0.2) is 0 Å². The van der Waals surface area contributed by atoms with Crippen molar-refractivity contribution in [2.45, 2.75) is 259 Å². The second-order valence-corrected chi connectivity index (χ2v) is 28.3. The molecule has 4 saturated carbocycles. The molecule has 0 radical (unpaired) electrons. The average molecular weight is 1250 g/mol. The smallest absolute Gasteiger partial charge is 0.315 e. The lowest BCUT2D eigenvalue weighted by Gasteiger charge is -2.71. The minimum atomic E-state index is -2.05. The molecule has 0 spiro atoms. The molecule has 0 bridgehead atoms. The predicted octanol–water partition coefficient (Wildman–Crippen LogP) is -4.60. The summed E-state index contributed by atoms with van der Waals surface area (Å²) >= 11 is 0. The number of carbonyl (C=O) groups is 1. The van der Waals surface area contributed by atoms with E-state index in [0.29, 0.717) is 51.4 Å². The van der Waals surface area contributed by atoms with Gasteiger partial charge in [-0.15, -0.1) is 0 Å². The van der Waals surface area contributed by atoms with E-state index in [1.165, 1.54) is 6.92 Å². The first-order valence-electron chi connectivity index (χ1n) is 30.9. The van der Waals surface area contributed by atoms with Gasteiger partial charge in [0.2, 0.25) is 6.29 Å². The van der Waals surface area contributed by atoms with Crippen molar-refractivity contribution in [2.24, 2.45) is 50.2 Å². The highest BCUT2D eigenvalue weighted by Crippen LogP contribution is 2.76. The number of allylic oxidation sites excluding steroid dienone is 2. The van der Waals surface area contributed by atoms with Crippen LogP contribution in [0.5, 0.6) is 0 Å². The van der Waals surface area contributed by atoms with Crippen molar-refractivity contribution in [3.63, 3.8) is 0 Å². The SMILES string of the molecule is CC1OC(OC2C(OC3CCC4(C)C(CCC5(C)C4CC=C4C6CC(C)(CO)CCC6(C(=O)OC6OC(COC7OC(CO)C(O)C(O)C7O)C(O)C(O)C6OC6OC(CO)C(O)C(O)C6O)CCC45C)C3(C)CO)OCC(O)C2O)C(O)C(O)C1O. The van der Waals surface area contributed by atoms with Gasteiger partial charge in [-0.05, 0) is 111 Å². The highest BCUT2D eigenvalue weighted by Gasteiger charge is 2.71. The van der Waals surface area contributed by atoms with Crippen molar-refractivity contribution in [1.29, 1.82) is 0 Å². The molecule has 17 N–H and O–H groups in total. The Morgan fingerprint density at radius 1 is 0.552 bits per heavy atom. The third-order valence-corrected chi connectivity index (χ3v) is 23.5. The third-order valence-electron chi connectivity index (χ3n) is 23.5. The molecule has 28 heteroatoms. The molecule has 0 aromatic rings. The number of carbonyl (C=O) groups excluding carboxylic acids is 1. The highest BCUT2D eigenvalue weighted by atomic mass is 16.8. The Kier molecular flexibility index (Phi) is 19.9. The number of hydrogen-bond donors (Lipinski definition) is 17. The summed E-state index contributed by atoms with van der Waals surface area (Å²) in [4.78, 5) is 15.7. The van der Waals surface area contributed by atoms with Crippen LogP contribution in [0.15, 0.2) is 11.6 Å². The number of hydrogen-bond acceptors (Lipinski definition) is 28. The fourth-order valence-corrected chi connectivity index (χ4v) is 17.6. The molecule has 87 heavy (non-hydrogen) atoms. The largest absolute Gasteiger partial charge is 0.432 e. The lowest BCUT2D eigenvalue weighted by atomic mass is 9.33. The van der Waals surface area contributed by atoms with Gasteiger partial charge < -0.3 is 134 Å². The molecule has 5 aliphatic carbocycles. The minimum absolute atomic E-state index is 0.0234. The van der Waals surface area contributed by atoms with Gasteiger partial charge in [0.15, 0.2) is 31.3 Å². The molecule has 0 aromatic heterocycles. The van der Waals surface area contributed by atoms with Gasteiger partial charge in [0.05, 0.1) is 50.7 Å². The molecule has 10 aliphatic rings. The monoisotopic (exact) mass is 1250 g/mol.